The normalized spacial score (nSPS) is 20.2. The number of hydrogen-bond donors (Lipinski definition) is 1. The smallest absolute Gasteiger partial charge is 0.0826 e. The van der Waals surface area contributed by atoms with Crippen LogP contribution in [0.25, 0.3) is 10.9 Å². The first-order valence-corrected chi connectivity index (χ1v) is 7.70. The van der Waals surface area contributed by atoms with Crippen LogP contribution in [-0.2, 0) is 18.3 Å². The van der Waals surface area contributed by atoms with E-state index >= 15 is 0 Å². The van der Waals surface area contributed by atoms with Gasteiger partial charge in [-0.3, -0.25) is 0 Å². The highest BCUT2D eigenvalue weighted by Gasteiger charge is 2.17. The number of morpholine rings is 1. The van der Waals surface area contributed by atoms with Gasteiger partial charge in [-0.2, -0.15) is 0 Å². The number of nitrogens with zero attached hydrogens (tertiary/aromatic N) is 2. The second-order valence-corrected chi connectivity index (χ2v) is 6.03. The Bertz CT molecular complexity index is 581. The molecule has 1 N–H and O–H groups in total. The van der Waals surface area contributed by atoms with Gasteiger partial charge in [-0.15, -0.1) is 0 Å². The van der Waals surface area contributed by atoms with E-state index in [-0.39, 0.29) is 0 Å². The van der Waals surface area contributed by atoms with Gasteiger partial charge >= 0.3 is 0 Å². The summed E-state index contributed by atoms with van der Waals surface area (Å²) in [7, 11) is 4.31. The van der Waals surface area contributed by atoms with Crippen molar-refractivity contribution in [2.75, 3.05) is 33.3 Å². The standard InChI is InChI=1S/C17H25N3O/c1-13-15-6-4-5-7-16(15)20(3)17(13)11-18-10-14-12-19(2)8-9-21-14/h4-7,14,18H,8-12H2,1-3H3. The van der Waals surface area contributed by atoms with E-state index in [0.29, 0.717) is 6.10 Å². The van der Waals surface area contributed by atoms with Gasteiger partial charge in [0.1, 0.15) is 0 Å². The van der Waals surface area contributed by atoms with Crippen LogP contribution in [0.2, 0.25) is 0 Å². The van der Waals surface area contributed by atoms with Crippen molar-refractivity contribution in [1.82, 2.24) is 14.8 Å². The van der Waals surface area contributed by atoms with E-state index in [9.17, 15) is 0 Å². The number of para-hydroxylation sites is 1. The molecule has 1 aliphatic heterocycles. The molecule has 114 valence electrons. The molecule has 3 rings (SSSR count). The van der Waals surface area contributed by atoms with Crippen LogP contribution < -0.4 is 5.32 Å². The number of fused-ring (bicyclic) bond motifs is 1. The Morgan fingerprint density at radius 2 is 2.10 bits per heavy atom. The predicted octanol–water partition coefficient (Wildman–Crippen LogP) is 1.91. The SMILES string of the molecule is Cc1c(CNCC2CN(C)CCO2)n(C)c2ccccc12. The van der Waals surface area contributed by atoms with Gasteiger partial charge in [-0.05, 0) is 25.6 Å². The van der Waals surface area contributed by atoms with Crippen molar-refractivity contribution in [3.63, 3.8) is 0 Å². The molecule has 0 amide bonds. The van der Waals surface area contributed by atoms with Crippen molar-refractivity contribution in [3.8, 4) is 0 Å². The summed E-state index contributed by atoms with van der Waals surface area (Å²) >= 11 is 0. The lowest BCUT2D eigenvalue weighted by Crippen LogP contribution is -2.44. The van der Waals surface area contributed by atoms with E-state index in [2.05, 4.69) is 60.1 Å². The van der Waals surface area contributed by atoms with Crippen molar-refractivity contribution < 1.29 is 4.74 Å². The molecular weight excluding hydrogens is 262 g/mol. The van der Waals surface area contributed by atoms with E-state index in [1.54, 1.807) is 0 Å². The molecule has 2 aromatic rings. The molecular formula is C17H25N3O. The summed E-state index contributed by atoms with van der Waals surface area (Å²) in [5.41, 5.74) is 4.04. The van der Waals surface area contributed by atoms with Gasteiger partial charge in [0.25, 0.3) is 0 Å². The summed E-state index contributed by atoms with van der Waals surface area (Å²) in [4.78, 5) is 2.33. The first-order chi connectivity index (χ1) is 10.2. The van der Waals surface area contributed by atoms with E-state index in [1.807, 2.05) is 0 Å². The van der Waals surface area contributed by atoms with E-state index < -0.39 is 0 Å². The van der Waals surface area contributed by atoms with Crippen molar-refractivity contribution in [2.24, 2.45) is 7.05 Å². The van der Waals surface area contributed by atoms with Crippen molar-refractivity contribution >= 4 is 10.9 Å². The summed E-state index contributed by atoms with van der Waals surface area (Å²) in [5.74, 6) is 0. The molecule has 1 unspecified atom stereocenters. The lowest BCUT2D eigenvalue weighted by Gasteiger charge is -2.30. The quantitative estimate of drug-likeness (QED) is 0.931. The molecule has 0 saturated carbocycles. The number of ether oxygens (including phenoxy) is 1. The monoisotopic (exact) mass is 287 g/mol. The van der Waals surface area contributed by atoms with E-state index in [1.165, 1.54) is 22.2 Å². The Morgan fingerprint density at radius 1 is 1.29 bits per heavy atom. The minimum absolute atomic E-state index is 0.304. The highest BCUT2D eigenvalue weighted by molar-refractivity contribution is 5.85. The molecule has 0 aliphatic carbocycles. The molecule has 1 saturated heterocycles. The summed E-state index contributed by atoms with van der Waals surface area (Å²) in [6.07, 6.45) is 0.304. The second kappa shape index (κ2) is 6.18. The highest BCUT2D eigenvalue weighted by atomic mass is 16.5. The second-order valence-electron chi connectivity index (χ2n) is 6.03. The van der Waals surface area contributed by atoms with Crippen LogP contribution in [0.3, 0.4) is 0 Å². The molecule has 1 atom stereocenters. The Morgan fingerprint density at radius 3 is 2.86 bits per heavy atom. The summed E-state index contributed by atoms with van der Waals surface area (Å²) in [5, 5.41) is 4.91. The third-order valence-electron chi connectivity index (χ3n) is 4.51. The molecule has 4 nitrogen and oxygen atoms in total. The van der Waals surface area contributed by atoms with Gasteiger partial charge in [0.05, 0.1) is 12.7 Å². The van der Waals surface area contributed by atoms with Crippen LogP contribution in [-0.4, -0.2) is 48.9 Å². The molecule has 1 aromatic carbocycles. The number of rotatable bonds is 4. The lowest BCUT2D eigenvalue weighted by molar-refractivity contribution is -0.0182. The summed E-state index contributed by atoms with van der Waals surface area (Å²) < 4.78 is 8.09. The molecule has 21 heavy (non-hydrogen) atoms. The average Bonchev–Trinajstić information content (AvgIpc) is 2.73. The zero-order chi connectivity index (χ0) is 14.8. The largest absolute Gasteiger partial charge is 0.374 e. The molecule has 1 aromatic heterocycles. The van der Waals surface area contributed by atoms with E-state index in [4.69, 9.17) is 4.74 Å². The molecule has 0 spiro atoms. The molecule has 4 heteroatoms. The first kappa shape index (κ1) is 14.6. The van der Waals surface area contributed by atoms with Gasteiger partial charge in [0.2, 0.25) is 0 Å². The summed E-state index contributed by atoms with van der Waals surface area (Å²) in [6, 6.07) is 8.60. The maximum Gasteiger partial charge on any atom is 0.0826 e. The zero-order valence-electron chi connectivity index (χ0n) is 13.2. The predicted molar refractivity (Wildman–Crippen MR) is 86.6 cm³/mol. The average molecular weight is 287 g/mol. The minimum Gasteiger partial charge on any atom is -0.374 e. The molecule has 0 bridgehead atoms. The van der Waals surface area contributed by atoms with Gasteiger partial charge in [0, 0.05) is 49.8 Å². The van der Waals surface area contributed by atoms with Gasteiger partial charge in [0.15, 0.2) is 0 Å². The Labute approximate surface area is 126 Å². The Kier molecular flexibility index (Phi) is 4.29. The number of aromatic nitrogens is 1. The van der Waals surface area contributed by atoms with Crippen LogP contribution in [0.1, 0.15) is 11.3 Å². The van der Waals surface area contributed by atoms with Crippen LogP contribution in [0, 0.1) is 6.92 Å². The van der Waals surface area contributed by atoms with Gasteiger partial charge in [-0.25, -0.2) is 0 Å². The van der Waals surface area contributed by atoms with Crippen molar-refractivity contribution in [2.45, 2.75) is 19.6 Å². The lowest BCUT2D eigenvalue weighted by atomic mass is 10.1. The van der Waals surface area contributed by atoms with Crippen LogP contribution in [0.15, 0.2) is 24.3 Å². The number of nitrogens with one attached hydrogen (secondary N) is 1. The number of benzene rings is 1. The fraction of sp³-hybridized carbons (Fsp3) is 0.529. The maximum absolute atomic E-state index is 5.79. The topological polar surface area (TPSA) is 29.4 Å². The first-order valence-electron chi connectivity index (χ1n) is 7.70. The third kappa shape index (κ3) is 2.98. The highest BCUT2D eigenvalue weighted by Crippen LogP contribution is 2.24. The molecule has 0 radical (unpaired) electrons. The minimum atomic E-state index is 0.304. The summed E-state index contributed by atoms with van der Waals surface area (Å²) in [6.45, 7) is 6.91. The van der Waals surface area contributed by atoms with E-state index in [0.717, 1.165) is 32.8 Å². The van der Waals surface area contributed by atoms with Gasteiger partial charge < -0.3 is 19.5 Å². The van der Waals surface area contributed by atoms with Crippen molar-refractivity contribution in [1.29, 1.82) is 0 Å². The maximum atomic E-state index is 5.79. The third-order valence-corrected chi connectivity index (χ3v) is 4.51. The van der Waals surface area contributed by atoms with Gasteiger partial charge in [-0.1, -0.05) is 18.2 Å². The number of aryl methyl sites for hydroxylation is 2. The molecule has 1 fully saturated rings. The van der Waals surface area contributed by atoms with Crippen molar-refractivity contribution in [3.05, 3.63) is 35.5 Å². The zero-order valence-corrected chi connectivity index (χ0v) is 13.2. The Hall–Kier alpha value is -1.36. The van der Waals surface area contributed by atoms with Crippen LogP contribution in [0.4, 0.5) is 0 Å². The molecule has 1 aliphatic rings. The number of likely N-dealkylation sites (N-methyl/N-ethyl adjacent to an activating group) is 1. The molecule has 2 heterocycles. The van der Waals surface area contributed by atoms with Crippen LogP contribution >= 0.6 is 0 Å². The fourth-order valence-corrected chi connectivity index (χ4v) is 3.23. The Balaban J connectivity index is 1.65. The fourth-order valence-electron chi connectivity index (χ4n) is 3.23. The van der Waals surface area contributed by atoms with Crippen LogP contribution in [0.5, 0.6) is 0 Å². The number of hydrogen-bond acceptors (Lipinski definition) is 3.